The lowest BCUT2D eigenvalue weighted by molar-refractivity contribution is 0.0354. The average molecular weight is 322 g/mol. The zero-order valence-electron chi connectivity index (χ0n) is 12.6. The number of benzene rings is 2. The van der Waals surface area contributed by atoms with Crippen LogP contribution in [0.4, 0.5) is 0 Å². The van der Waals surface area contributed by atoms with E-state index in [4.69, 9.17) is 21.1 Å². The van der Waals surface area contributed by atoms with Crippen molar-refractivity contribution in [3.05, 3.63) is 59.1 Å². The topological polar surface area (TPSA) is 50.7 Å². The number of methoxy groups -OCH3 is 1. The molecule has 0 aliphatic rings. The van der Waals surface area contributed by atoms with E-state index >= 15 is 0 Å². The molecule has 0 saturated heterocycles. The van der Waals surface area contributed by atoms with Crippen molar-refractivity contribution in [2.24, 2.45) is 0 Å². The van der Waals surface area contributed by atoms with Gasteiger partial charge in [-0.1, -0.05) is 41.9 Å². The maximum absolute atomic E-state index is 10.4. The maximum atomic E-state index is 10.4. The molecule has 22 heavy (non-hydrogen) atoms. The van der Waals surface area contributed by atoms with Crippen LogP contribution < -0.4 is 14.8 Å². The van der Waals surface area contributed by atoms with Crippen molar-refractivity contribution >= 4 is 11.6 Å². The summed E-state index contributed by atoms with van der Waals surface area (Å²) in [6, 6.07) is 14.7. The molecular weight excluding hydrogens is 302 g/mol. The second-order valence-corrected chi connectivity index (χ2v) is 5.24. The van der Waals surface area contributed by atoms with Gasteiger partial charge in [0, 0.05) is 17.1 Å². The smallest absolute Gasteiger partial charge is 0.162 e. The van der Waals surface area contributed by atoms with Gasteiger partial charge in [-0.25, -0.2) is 0 Å². The van der Waals surface area contributed by atoms with E-state index in [-0.39, 0.29) is 0 Å². The van der Waals surface area contributed by atoms with Crippen LogP contribution in [0.2, 0.25) is 5.02 Å². The molecule has 118 valence electrons. The van der Waals surface area contributed by atoms with E-state index in [1.165, 1.54) is 0 Å². The molecule has 2 N–H and O–H groups in total. The summed E-state index contributed by atoms with van der Waals surface area (Å²) in [6.45, 7) is 0.380. The second kappa shape index (κ2) is 8.03. The number of hydrogen-bond acceptors (Lipinski definition) is 4. The molecule has 0 spiro atoms. The molecule has 4 nitrogen and oxygen atoms in total. The lowest BCUT2D eigenvalue weighted by Gasteiger charge is -2.26. The molecule has 0 amide bonds. The van der Waals surface area contributed by atoms with E-state index in [0.717, 1.165) is 5.56 Å². The third-order valence-electron chi connectivity index (χ3n) is 3.30. The molecule has 2 aromatic rings. The molecule has 2 rings (SSSR count). The standard InChI is InChI=1S/C17H20ClNO3/c1-19-11-14(20)17(12-7-3-4-8-13(12)18)22-16-10-6-5-9-15(16)21-2/h3-10,14,17,19-20H,11H2,1-2H3. The van der Waals surface area contributed by atoms with Crippen molar-refractivity contribution in [3.63, 3.8) is 0 Å². The number of halogens is 1. The second-order valence-electron chi connectivity index (χ2n) is 4.84. The van der Waals surface area contributed by atoms with Gasteiger partial charge in [0.1, 0.15) is 6.10 Å². The molecule has 0 aliphatic heterocycles. The van der Waals surface area contributed by atoms with Crippen molar-refractivity contribution in [3.8, 4) is 11.5 Å². The Morgan fingerprint density at radius 1 is 1.09 bits per heavy atom. The minimum atomic E-state index is -0.755. The van der Waals surface area contributed by atoms with E-state index in [1.54, 1.807) is 26.3 Å². The Hall–Kier alpha value is -1.75. The first-order chi connectivity index (χ1) is 10.7. The zero-order valence-corrected chi connectivity index (χ0v) is 13.4. The highest BCUT2D eigenvalue weighted by atomic mass is 35.5. The van der Waals surface area contributed by atoms with E-state index in [1.807, 2.05) is 36.4 Å². The van der Waals surface area contributed by atoms with E-state index in [0.29, 0.717) is 23.1 Å². The summed E-state index contributed by atoms with van der Waals surface area (Å²) in [5.41, 5.74) is 0.734. The third-order valence-corrected chi connectivity index (χ3v) is 3.64. The maximum Gasteiger partial charge on any atom is 0.162 e. The van der Waals surface area contributed by atoms with Crippen molar-refractivity contribution in [2.75, 3.05) is 20.7 Å². The molecular formula is C17H20ClNO3. The van der Waals surface area contributed by atoms with E-state index in [2.05, 4.69) is 5.32 Å². The number of aliphatic hydroxyl groups excluding tert-OH is 1. The van der Waals surface area contributed by atoms with E-state index in [9.17, 15) is 5.11 Å². The average Bonchev–Trinajstić information content (AvgIpc) is 2.54. The summed E-state index contributed by atoms with van der Waals surface area (Å²) in [4.78, 5) is 0. The number of para-hydroxylation sites is 2. The molecule has 0 aliphatic carbocycles. The number of rotatable bonds is 7. The molecule has 0 radical (unpaired) electrons. The van der Waals surface area contributed by atoms with Gasteiger partial charge >= 0.3 is 0 Å². The van der Waals surface area contributed by atoms with Crippen LogP contribution in [0.15, 0.2) is 48.5 Å². The summed E-state index contributed by atoms with van der Waals surface area (Å²) in [5, 5.41) is 13.9. The van der Waals surface area contributed by atoms with Gasteiger partial charge in [-0.3, -0.25) is 0 Å². The van der Waals surface area contributed by atoms with Gasteiger partial charge in [-0.15, -0.1) is 0 Å². The first kappa shape index (κ1) is 16.6. The molecule has 2 unspecified atom stereocenters. The highest BCUT2D eigenvalue weighted by molar-refractivity contribution is 6.31. The van der Waals surface area contributed by atoms with Crippen molar-refractivity contribution < 1.29 is 14.6 Å². The molecule has 0 saturated carbocycles. The highest BCUT2D eigenvalue weighted by Gasteiger charge is 2.25. The van der Waals surface area contributed by atoms with Crippen LogP contribution in [-0.4, -0.2) is 31.9 Å². The monoisotopic (exact) mass is 321 g/mol. The summed E-state index contributed by atoms with van der Waals surface area (Å²) in [7, 11) is 3.35. The quantitative estimate of drug-likeness (QED) is 0.823. The van der Waals surface area contributed by atoms with Crippen LogP contribution >= 0.6 is 11.6 Å². The van der Waals surface area contributed by atoms with Crippen molar-refractivity contribution in [2.45, 2.75) is 12.2 Å². The molecule has 5 heteroatoms. The Morgan fingerprint density at radius 3 is 2.36 bits per heavy atom. The fraction of sp³-hybridized carbons (Fsp3) is 0.294. The number of hydrogen-bond donors (Lipinski definition) is 2. The lowest BCUT2D eigenvalue weighted by Crippen LogP contribution is -2.33. The van der Waals surface area contributed by atoms with Crippen LogP contribution in [0.1, 0.15) is 11.7 Å². The lowest BCUT2D eigenvalue weighted by atomic mass is 10.0. The van der Waals surface area contributed by atoms with Crippen LogP contribution in [0.25, 0.3) is 0 Å². The minimum absolute atomic E-state index is 0.380. The molecule has 0 fully saturated rings. The van der Waals surface area contributed by atoms with Crippen LogP contribution in [0, 0.1) is 0 Å². The highest BCUT2D eigenvalue weighted by Crippen LogP contribution is 2.34. The number of likely N-dealkylation sites (N-methyl/N-ethyl adjacent to an activating group) is 1. The van der Waals surface area contributed by atoms with Gasteiger partial charge in [-0.05, 0) is 25.2 Å². The Bertz CT molecular complexity index is 606. The van der Waals surface area contributed by atoms with Gasteiger partial charge in [0.2, 0.25) is 0 Å². The minimum Gasteiger partial charge on any atom is -0.493 e. The third kappa shape index (κ3) is 3.91. The first-order valence-corrected chi connectivity index (χ1v) is 7.42. The van der Waals surface area contributed by atoms with Crippen LogP contribution in [-0.2, 0) is 0 Å². The fourth-order valence-electron chi connectivity index (χ4n) is 2.22. The van der Waals surface area contributed by atoms with Gasteiger partial charge in [0.05, 0.1) is 7.11 Å². The zero-order chi connectivity index (χ0) is 15.9. The number of ether oxygens (including phenoxy) is 2. The number of nitrogens with one attached hydrogen (secondary N) is 1. The Kier molecular flexibility index (Phi) is 6.07. The van der Waals surface area contributed by atoms with Gasteiger partial charge in [0.15, 0.2) is 17.6 Å². The molecule has 2 aromatic carbocycles. The summed E-state index contributed by atoms with van der Waals surface area (Å²) < 4.78 is 11.3. The predicted octanol–water partition coefficient (Wildman–Crippen LogP) is 3.05. The predicted molar refractivity (Wildman–Crippen MR) is 87.7 cm³/mol. The Labute approximate surface area is 135 Å². The SMILES string of the molecule is CNCC(O)C(Oc1ccccc1OC)c1ccccc1Cl. The molecule has 0 aromatic heterocycles. The molecule has 2 atom stereocenters. The van der Waals surface area contributed by atoms with Crippen LogP contribution in [0.3, 0.4) is 0 Å². The first-order valence-electron chi connectivity index (χ1n) is 7.04. The molecule has 0 heterocycles. The Morgan fingerprint density at radius 2 is 1.73 bits per heavy atom. The van der Waals surface area contributed by atoms with Crippen LogP contribution in [0.5, 0.6) is 11.5 Å². The largest absolute Gasteiger partial charge is 0.493 e. The van der Waals surface area contributed by atoms with E-state index < -0.39 is 12.2 Å². The Balaban J connectivity index is 2.35. The van der Waals surface area contributed by atoms with Crippen molar-refractivity contribution in [1.29, 1.82) is 0 Å². The summed E-state index contributed by atoms with van der Waals surface area (Å²) >= 11 is 6.26. The summed E-state index contributed by atoms with van der Waals surface area (Å²) in [5.74, 6) is 1.17. The number of aliphatic hydroxyl groups is 1. The van der Waals surface area contributed by atoms with Gasteiger partial charge in [-0.2, -0.15) is 0 Å². The van der Waals surface area contributed by atoms with Gasteiger partial charge < -0.3 is 19.9 Å². The summed E-state index contributed by atoms with van der Waals surface area (Å²) in [6.07, 6.45) is -1.35. The molecule has 0 bridgehead atoms. The fourth-order valence-corrected chi connectivity index (χ4v) is 2.47. The van der Waals surface area contributed by atoms with Crippen molar-refractivity contribution in [1.82, 2.24) is 5.32 Å². The normalized spacial score (nSPS) is 13.5. The van der Waals surface area contributed by atoms with Gasteiger partial charge in [0.25, 0.3) is 0 Å².